The zero-order chi connectivity index (χ0) is 18.1. The highest BCUT2D eigenvalue weighted by Gasteiger charge is 2.20. The summed E-state index contributed by atoms with van der Waals surface area (Å²) in [7, 11) is 0. The van der Waals surface area contributed by atoms with Gasteiger partial charge in [-0.3, -0.25) is 0 Å². The topological polar surface area (TPSA) is 0 Å². The Kier molecular flexibility index (Phi) is 20.1. The molecule has 0 aliphatic carbocycles. The van der Waals surface area contributed by atoms with Gasteiger partial charge in [0.05, 0.1) is 0 Å². The average molecular weight is 327 g/mol. The number of unbranched alkanes of at least 4 members (excludes halogenated alkanes) is 2. The molecule has 0 aromatic rings. The zero-order valence-electron chi connectivity index (χ0n) is 18.1. The standard InChI is InChI=1S/C20H42.C3H8/c1-7-11-12-13-18(8-2)14-15-19(9-3)20(10-4)16-17(5)6;1-3-2/h17-20H,7-16H2,1-6H3;3H2,1-2H3. The fourth-order valence-electron chi connectivity index (χ4n) is 3.76. The molecule has 0 bridgehead atoms. The molecule has 0 fully saturated rings. The molecular formula is C23H50. The Hall–Kier alpha value is 0. The molecule has 0 aromatic heterocycles. The van der Waals surface area contributed by atoms with Gasteiger partial charge in [-0.05, 0) is 36.5 Å². The largest absolute Gasteiger partial charge is 0.0656 e. The van der Waals surface area contributed by atoms with Gasteiger partial charge in [0.2, 0.25) is 0 Å². The molecule has 0 rings (SSSR count). The second-order valence-corrected chi connectivity index (χ2v) is 8.02. The van der Waals surface area contributed by atoms with E-state index < -0.39 is 0 Å². The van der Waals surface area contributed by atoms with Crippen molar-refractivity contribution in [3.63, 3.8) is 0 Å². The van der Waals surface area contributed by atoms with Gasteiger partial charge in [-0.15, -0.1) is 0 Å². The lowest BCUT2D eigenvalue weighted by atomic mass is 9.78. The smallest absolute Gasteiger partial charge is 0.0386 e. The van der Waals surface area contributed by atoms with Crippen molar-refractivity contribution in [1.29, 1.82) is 0 Å². The van der Waals surface area contributed by atoms with Gasteiger partial charge in [-0.1, -0.05) is 113 Å². The van der Waals surface area contributed by atoms with E-state index >= 15 is 0 Å². The summed E-state index contributed by atoms with van der Waals surface area (Å²) in [6.07, 6.45) is 15.5. The van der Waals surface area contributed by atoms with Crippen LogP contribution in [0.4, 0.5) is 0 Å². The van der Waals surface area contributed by atoms with Crippen LogP contribution in [0, 0.1) is 23.7 Å². The lowest BCUT2D eigenvalue weighted by molar-refractivity contribution is 0.231. The van der Waals surface area contributed by atoms with Crippen molar-refractivity contribution in [3.8, 4) is 0 Å². The SMILES string of the molecule is CCC.CCCCCC(CC)CCC(CC)C(CC)CC(C)C. The van der Waals surface area contributed by atoms with E-state index in [-0.39, 0.29) is 0 Å². The molecule has 0 saturated carbocycles. The van der Waals surface area contributed by atoms with Crippen molar-refractivity contribution >= 4 is 0 Å². The molecule has 0 nitrogen and oxygen atoms in total. The summed E-state index contributed by atoms with van der Waals surface area (Å²) in [5, 5.41) is 0. The first-order chi connectivity index (χ1) is 11.0. The fourth-order valence-corrected chi connectivity index (χ4v) is 3.76. The second-order valence-electron chi connectivity index (χ2n) is 8.02. The van der Waals surface area contributed by atoms with Crippen molar-refractivity contribution in [1.82, 2.24) is 0 Å². The summed E-state index contributed by atoms with van der Waals surface area (Å²) < 4.78 is 0. The summed E-state index contributed by atoms with van der Waals surface area (Å²) in [6, 6.07) is 0. The Labute approximate surface area is 150 Å². The number of hydrogen-bond donors (Lipinski definition) is 0. The van der Waals surface area contributed by atoms with E-state index in [9.17, 15) is 0 Å². The lowest BCUT2D eigenvalue weighted by Crippen LogP contribution is -2.17. The van der Waals surface area contributed by atoms with E-state index in [0.29, 0.717) is 0 Å². The quantitative estimate of drug-likeness (QED) is 0.296. The van der Waals surface area contributed by atoms with E-state index in [4.69, 9.17) is 0 Å². The Morgan fingerprint density at radius 2 is 1.17 bits per heavy atom. The highest BCUT2D eigenvalue weighted by molar-refractivity contribution is 4.71. The fraction of sp³-hybridized carbons (Fsp3) is 1.00. The minimum atomic E-state index is 0.862. The van der Waals surface area contributed by atoms with E-state index in [0.717, 1.165) is 23.7 Å². The molecule has 0 N–H and O–H groups in total. The lowest BCUT2D eigenvalue weighted by Gasteiger charge is -2.28. The van der Waals surface area contributed by atoms with Crippen LogP contribution in [0.15, 0.2) is 0 Å². The third kappa shape index (κ3) is 15.3. The van der Waals surface area contributed by atoms with E-state index in [1.165, 1.54) is 70.6 Å². The zero-order valence-corrected chi connectivity index (χ0v) is 18.1. The Bertz CT molecular complexity index is 206. The Morgan fingerprint density at radius 3 is 1.57 bits per heavy atom. The van der Waals surface area contributed by atoms with Gasteiger partial charge in [0.1, 0.15) is 0 Å². The molecule has 0 amide bonds. The molecule has 3 unspecified atom stereocenters. The highest BCUT2D eigenvalue weighted by atomic mass is 14.3. The average Bonchev–Trinajstić information content (AvgIpc) is 2.52. The maximum Gasteiger partial charge on any atom is -0.0386 e. The first-order valence-corrected chi connectivity index (χ1v) is 11.0. The molecule has 0 saturated heterocycles. The summed E-state index contributed by atoms with van der Waals surface area (Å²) >= 11 is 0. The molecule has 142 valence electrons. The molecule has 0 spiro atoms. The number of hydrogen-bond acceptors (Lipinski definition) is 0. The summed E-state index contributed by atoms with van der Waals surface area (Å²) in [5.74, 6) is 3.79. The van der Waals surface area contributed by atoms with Crippen molar-refractivity contribution in [2.45, 2.75) is 126 Å². The van der Waals surface area contributed by atoms with Crippen LogP contribution in [0.5, 0.6) is 0 Å². The molecular weight excluding hydrogens is 276 g/mol. The Morgan fingerprint density at radius 1 is 0.609 bits per heavy atom. The van der Waals surface area contributed by atoms with Gasteiger partial charge in [0.15, 0.2) is 0 Å². The van der Waals surface area contributed by atoms with Crippen LogP contribution in [0.1, 0.15) is 126 Å². The maximum atomic E-state index is 2.41. The third-order valence-electron chi connectivity index (χ3n) is 5.23. The monoisotopic (exact) mass is 326 g/mol. The van der Waals surface area contributed by atoms with E-state index in [1.807, 2.05) is 0 Å². The summed E-state index contributed by atoms with van der Waals surface area (Å²) in [5.41, 5.74) is 0. The van der Waals surface area contributed by atoms with Gasteiger partial charge in [-0.2, -0.15) is 0 Å². The van der Waals surface area contributed by atoms with Gasteiger partial charge in [0, 0.05) is 0 Å². The van der Waals surface area contributed by atoms with Crippen molar-refractivity contribution in [2.75, 3.05) is 0 Å². The predicted molar refractivity (Wildman–Crippen MR) is 110 cm³/mol. The van der Waals surface area contributed by atoms with Gasteiger partial charge >= 0.3 is 0 Å². The first-order valence-electron chi connectivity index (χ1n) is 11.0. The van der Waals surface area contributed by atoms with Gasteiger partial charge in [-0.25, -0.2) is 0 Å². The molecule has 23 heavy (non-hydrogen) atoms. The van der Waals surface area contributed by atoms with Crippen molar-refractivity contribution in [2.24, 2.45) is 23.7 Å². The minimum absolute atomic E-state index is 0.862. The van der Waals surface area contributed by atoms with Crippen molar-refractivity contribution < 1.29 is 0 Å². The van der Waals surface area contributed by atoms with Crippen LogP contribution in [0.2, 0.25) is 0 Å². The molecule has 0 aliphatic rings. The van der Waals surface area contributed by atoms with E-state index in [1.54, 1.807) is 0 Å². The van der Waals surface area contributed by atoms with Crippen LogP contribution in [-0.4, -0.2) is 0 Å². The normalized spacial score (nSPS) is 15.0. The third-order valence-corrected chi connectivity index (χ3v) is 5.23. The highest BCUT2D eigenvalue weighted by Crippen LogP contribution is 2.32. The molecule has 0 heterocycles. The second kappa shape index (κ2) is 18.3. The van der Waals surface area contributed by atoms with Gasteiger partial charge in [0.25, 0.3) is 0 Å². The van der Waals surface area contributed by atoms with Crippen molar-refractivity contribution in [3.05, 3.63) is 0 Å². The molecule has 0 heteroatoms. The summed E-state index contributed by atoms with van der Waals surface area (Å²) in [4.78, 5) is 0. The van der Waals surface area contributed by atoms with Crippen LogP contribution < -0.4 is 0 Å². The van der Waals surface area contributed by atoms with Crippen LogP contribution in [-0.2, 0) is 0 Å². The molecule has 0 radical (unpaired) electrons. The van der Waals surface area contributed by atoms with Gasteiger partial charge < -0.3 is 0 Å². The van der Waals surface area contributed by atoms with Crippen LogP contribution >= 0.6 is 0 Å². The predicted octanol–water partition coefficient (Wildman–Crippen LogP) is 8.89. The molecule has 0 aromatic carbocycles. The van der Waals surface area contributed by atoms with E-state index in [2.05, 4.69) is 55.4 Å². The summed E-state index contributed by atoms with van der Waals surface area (Å²) in [6.45, 7) is 18.5. The maximum absolute atomic E-state index is 2.41. The number of rotatable bonds is 13. The first kappa shape index (κ1) is 25.2. The van der Waals surface area contributed by atoms with Crippen LogP contribution in [0.25, 0.3) is 0 Å². The minimum Gasteiger partial charge on any atom is -0.0656 e. The molecule has 3 atom stereocenters. The Balaban J connectivity index is 0. The molecule has 0 aliphatic heterocycles. The van der Waals surface area contributed by atoms with Crippen LogP contribution in [0.3, 0.4) is 0 Å².